The Morgan fingerprint density at radius 3 is 2.87 bits per heavy atom. The van der Waals surface area contributed by atoms with E-state index >= 15 is 0 Å². The molecule has 1 aliphatic carbocycles. The average molecular weight is 330 g/mol. The van der Waals surface area contributed by atoms with Gasteiger partial charge in [-0.2, -0.15) is 10.4 Å². The van der Waals surface area contributed by atoms with Crippen molar-refractivity contribution >= 4 is 20.9 Å². The first-order valence-electron chi connectivity index (χ1n) is 7.59. The Morgan fingerprint density at radius 1 is 1.52 bits per heavy atom. The largest absolute Gasteiger partial charge is 0.337 e. The number of nitrogens with zero attached hydrogens (tertiary/aromatic N) is 4. The molecule has 1 unspecified atom stereocenters. The van der Waals surface area contributed by atoms with Crippen molar-refractivity contribution in [3.8, 4) is 6.07 Å². The molecule has 6 nitrogen and oxygen atoms in total. The molecule has 1 saturated heterocycles. The van der Waals surface area contributed by atoms with Crippen molar-refractivity contribution < 1.29 is 9.59 Å². The van der Waals surface area contributed by atoms with E-state index in [0.29, 0.717) is 13.1 Å². The fraction of sp³-hybridized carbons (Fsp3) is 0.500. The lowest BCUT2D eigenvalue weighted by Gasteiger charge is -2.47. The van der Waals surface area contributed by atoms with Crippen molar-refractivity contribution in [2.75, 3.05) is 6.54 Å². The Hall–Kier alpha value is -1.99. The van der Waals surface area contributed by atoms with Crippen LogP contribution in [0.4, 0.5) is 0 Å². The number of aryl methyl sites for hydroxylation is 1. The molecule has 1 amide bonds. The molecule has 1 aromatic rings. The zero-order valence-corrected chi connectivity index (χ0v) is 14.3. The fourth-order valence-corrected chi connectivity index (χ4v) is 4.45. The summed E-state index contributed by atoms with van der Waals surface area (Å²) in [4.78, 5) is 27.0. The number of aromatic nitrogens is 2. The van der Waals surface area contributed by atoms with E-state index in [0.717, 1.165) is 12.0 Å². The van der Waals surface area contributed by atoms with Gasteiger partial charge in [-0.15, -0.1) is 9.24 Å². The summed E-state index contributed by atoms with van der Waals surface area (Å²) in [5, 5.41) is 12.5. The SMILES string of the molecule is C[C@H]1C(=O)C(C#N)=C[C@@]2(P)C(=O)N(Cc3cnn(C)c3)CC[C@H]12. The Labute approximate surface area is 137 Å². The van der Waals surface area contributed by atoms with Gasteiger partial charge in [0.15, 0.2) is 5.78 Å². The number of ketones is 1. The second-order valence-corrected chi connectivity index (χ2v) is 7.36. The molecule has 23 heavy (non-hydrogen) atoms. The van der Waals surface area contributed by atoms with E-state index in [1.807, 2.05) is 26.2 Å². The van der Waals surface area contributed by atoms with E-state index in [-0.39, 0.29) is 29.1 Å². The van der Waals surface area contributed by atoms with E-state index in [4.69, 9.17) is 0 Å². The second-order valence-electron chi connectivity index (χ2n) is 6.40. The van der Waals surface area contributed by atoms with Gasteiger partial charge in [0.1, 0.15) is 6.07 Å². The van der Waals surface area contributed by atoms with Gasteiger partial charge >= 0.3 is 0 Å². The Kier molecular flexibility index (Phi) is 3.85. The highest BCUT2D eigenvalue weighted by Crippen LogP contribution is 2.46. The molecular weight excluding hydrogens is 311 g/mol. The number of allylic oxidation sites excluding steroid dienone is 1. The number of nitriles is 1. The van der Waals surface area contributed by atoms with Gasteiger partial charge in [-0.05, 0) is 18.4 Å². The first-order chi connectivity index (χ1) is 10.9. The molecular formula is C16H19N4O2P. The summed E-state index contributed by atoms with van der Waals surface area (Å²) in [6, 6.07) is 1.94. The van der Waals surface area contributed by atoms with E-state index in [1.165, 1.54) is 0 Å². The third-order valence-corrected chi connectivity index (χ3v) is 5.74. The third-order valence-electron chi connectivity index (χ3n) is 4.90. The van der Waals surface area contributed by atoms with E-state index in [1.54, 1.807) is 21.9 Å². The van der Waals surface area contributed by atoms with Crippen LogP contribution < -0.4 is 0 Å². The maximum absolute atomic E-state index is 13.0. The maximum Gasteiger partial charge on any atom is 0.237 e. The summed E-state index contributed by atoms with van der Waals surface area (Å²) in [7, 11) is 4.45. The van der Waals surface area contributed by atoms with E-state index < -0.39 is 5.16 Å². The van der Waals surface area contributed by atoms with Gasteiger partial charge in [-0.1, -0.05) is 6.92 Å². The summed E-state index contributed by atoms with van der Waals surface area (Å²) < 4.78 is 1.71. The molecule has 1 fully saturated rings. The zero-order valence-electron chi connectivity index (χ0n) is 13.2. The van der Waals surface area contributed by atoms with Crippen molar-refractivity contribution in [3.63, 3.8) is 0 Å². The molecule has 1 aliphatic heterocycles. The lowest BCUT2D eigenvalue weighted by Crippen LogP contribution is -2.58. The number of fused-ring (bicyclic) bond motifs is 1. The highest BCUT2D eigenvalue weighted by atomic mass is 31.0. The predicted molar refractivity (Wildman–Crippen MR) is 87.0 cm³/mol. The third kappa shape index (κ3) is 2.49. The highest BCUT2D eigenvalue weighted by Gasteiger charge is 2.52. The minimum Gasteiger partial charge on any atom is -0.337 e. The summed E-state index contributed by atoms with van der Waals surface area (Å²) in [5.74, 6) is -0.579. The van der Waals surface area contributed by atoms with Gasteiger partial charge in [0.2, 0.25) is 5.91 Å². The first kappa shape index (κ1) is 15.9. The van der Waals surface area contributed by atoms with Crippen LogP contribution in [-0.4, -0.2) is 38.1 Å². The maximum atomic E-state index is 13.0. The molecule has 0 spiro atoms. The predicted octanol–water partition coefficient (Wildman–Crippen LogP) is 1.05. The van der Waals surface area contributed by atoms with Gasteiger partial charge in [0.25, 0.3) is 0 Å². The number of Topliss-reactive ketones (excluding diaryl/α,β-unsaturated/α-hetero) is 1. The standard InChI is InChI=1S/C16H19N4O2P/c1-10-13-3-4-20(9-11-7-18-19(2)8-11)15(22)16(13,23)5-12(6-17)14(10)21/h5,7-8,10,13H,3-4,9,23H2,1-2H3/t10-,13-,16+/m1/s1. The van der Waals surface area contributed by atoms with E-state index in [2.05, 4.69) is 14.3 Å². The molecule has 1 aromatic heterocycles. The van der Waals surface area contributed by atoms with E-state index in [9.17, 15) is 14.9 Å². The molecule has 7 heteroatoms. The normalized spacial score (nSPS) is 30.7. The molecule has 4 atom stereocenters. The fourth-order valence-electron chi connectivity index (χ4n) is 3.65. The van der Waals surface area contributed by atoms with Gasteiger partial charge in [0.05, 0.1) is 16.9 Å². The number of carbonyl (C=O) groups is 2. The quantitative estimate of drug-likeness (QED) is 0.759. The van der Waals surface area contributed by atoms with Crippen LogP contribution in [0, 0.1) is 23.2 Å². The van der Waals surface area contributed by atoms with Crippen molar-refractivity contribution in [2.24, 2.45) is 18.9 Å². The van der Waals surface area contributed by atoms with Gasteiger partial charge in [0, 0.05) is 37.8 Å². The molecule has 120 valence electrons. The smallest absolute Gasteiger partial charge is 0.237 e. The van der Waals surface area contributed by atoms with Crippen LogP contribution in [0.3, 0.4) is 0 Å². The summed E-state index contributed by atoms with van der Waals surface area (Å²) in [6.07, 6.45) is 5.94. The van der Waals surface area contributed by atoms with Crippen LogP contribution in [0.25, 0.3) is 0 Å². The van der Waals surface area contributed by atoms with Crippen LogP contribution in [-0.2, 0) is 23.2 Å². The lowest BCUT2D eigenvalue weighted by atomic mass is 9.69. The van der Waals surface area contributed by atoms with Crippen molar-refractivity contribution in [3.05, 3.63) is 29.6 Å². The lowest BCUT2D eigenvalue weighted by molar-refractivity contribution is -0.140. The number of carbonyl (C=O) groups excluding carboxylic acids is 2. The number of piperidine rings is 1. The number of rotatable bonds is 2. The summed E-state index contributed by atoms with van der Waals surface area (Å²) >= 11 is 0. The van der Waals surface area contributed by atoms with Crippen molar-refractivity contribution in [1.29, 1.82) is 5.26 Å². The number of amides is 1. The van der Waals surface area contributed by atoms with Crippen LogP contribution in [0.5, 0.6) is 0 Å². The molecule has 0 aromatic carbocycles. The monoisotopic (exact) mass is 330 g/mol. The van der Waals surface area contributed by atoms with Crippen LogP contribution in [0.15, 0.2) is 24.0 Å². The Balaban J connectivity index is 1.92. The minimum absolute atomic E-state index is 0.0466. The molecule has 2 heterocycles. The van der Waals surface area contributed by atoms with Gasteiger partial charge < -0.3 is 4.90 Å². The average Bonchev–Trinajstić information content (AvgIpc) is 2.93. The second kappa shape index (κ2) is 5.58. The van der Waals surface area contributed by atoms with Gasteiger partial charge in [-0.3, -0.25) is 14.3 Å². The molecule has 3 rings (SSSR count). The molecule has 2 aliphatic rings. The zero-order chi connectivity index (χ0) is 16.8. The van der Waals surface area contributed by atoms with Crippen LogP contribution in [0.2, 0.25) is 0 Å². The van der Waals surface area contributed by atoms with Crippen LogP contribution >= 0.6 is 9.24 Å². The number of hydrogen-bond acceptors (Lipinski definition) is 4. The minimum atomic E-state index is -0.862. The van der Waals surface area contributed by atoms with Crippen LogP contribution in [0.1, 0.15) is 18.9 Å². The van der Waals surface area contributed by atoms with Crippen molar-refractivity contribution in [2.45, 2.75) is 25.0 Å². The molecule has 0 saturated carbocycles. The van der Waals surface area contributed by atoms with Gasteiger partial charge in [-0.25, -0.2) is 0 Å². The highest BCUT2D eigenvalue weighted by molar-refractivity contribution is 7.21. The molecule has 0 N–H and O–H groups in total. The first-order valence-corrected chi connectivity index (χ1v) is 8.17. The molecule has 0 bridgehead atoms. The van der Waals surface area contributed by atoms with Crippen molar-refractivity contribution in [1.82, 2.24) is 14.7 Å². The number of hydrogen-bond donors (Lipinski definition) is 0. The Bertz CT molecular complexity index is 748. The number of likely N-dealkylation sites (tertiary alicyclic amines) is 1. The summed E-state index contributed by atoms with van der Waals surface area (Å²) in [5.41, 5.74) is 1.07. The molecule has 0 radical (unpaired) electrons. The topological polar surface area (TPSA) is 79.0 Å². The Morgan fingerprint density at radius 2 is 2.26 bits per heavy atom. The summed E-state index contributed by atoms with van der Waals surface area (Å²) in [6.45, 7) is 2.93.